The number of hydrogen-bond donors (Lipinski definition) is 1. The van der Waals surface area contributed by atoms with Crippen molar-refractivity contribution in [3.05, 3.63) is 82.0 Å². The van der Waals surface area contributed by atoms with Gasteiger partial charge in [0.15, 0.2) is 0 Å². The molecule has 0 aliphatic rings. The molecule has 3 rings (SSSR count). The van der Waals surface area contributed by atoms with E-state index < -0.39 is 0 Å². The SMILES string of the molecule is Cc1cc(Br)ccc1-c1ccc(CNCc2ccccc2)o1.Cl. The largest absolute Gasteiger partial charge is 0.460 e. The van der Waals surface area contributed by atoms with E-state index in [1.165, 1.54) is 11.1 Å². The van der Waals surface area contributed by atoms with E-state index in [0.29, 0.717) is 0 Å². The van der Waals surface area contributed by atoms with Crippen LogP contribution in [0, 0.1) is 6.92 Å². The molecule has 0 spiro atoms. The normalized spacial score (nSPS) is 10.3. The quantitative estimate of drug-likeness (QED) is 0.600. The summed E-state index contributed by atoms with van der Waals surface area (Å²) in [5.74, 6) is 1.87. The zero-order valence-electron chi connectivity index (χ0n) is 12.9. The summed E-state index contributed by atoms with van der Waals surface area (Å²) in [5, 5.41) is 3.41. The molecule has 0 atom stereocenters. The Morgan fingerprint density at radius 1 is 0.957 bits per heavy atom. The third-order valence-electron chi connectivity index (χ3n) is 3.59. The molecule has 3 aromatic rings. The first-order valence-corrected chi connectivity index (χ1v) is 8.11. The maximum atomic E-state index is 5.95. The molecule has 0 aliphatic carbocycles. The lowest BCUT2D eigenvalue weighted by molar-refractivity contribution is 0.493. The Hall–Kier alpha value is -1.55. The number of halogens is 2. The number of furan rings is 1. The molecule has 23 heavy (non-hydrogen) atoms. The van der Waals surface area contributed by atoms with Crippen LogP contribution in [0.1, 0.15) is 16.9 Å². The summed E-state index contributed by atoms with van der Waals surface area (Å²) in [6.45, 7) is 3.66. The van der Waals surface area contributed by atoms with Crippen LogP contribution < -0.4 is 5.32 Å². The van der Waals surface area contributed by atoms with Gasteiger partial charge in [0.05, 0.1) is 6.54 Å². The molecular formula is C19H19BrClNO. The second-order valence-corrected chi connectivity index (χ2v) is 6.23. The first kappa shape index (κ1) is 17.8. The standard InChI is InChI=1S/C19H18BrNO.ClH/c1-14-11-16(20)7-9-18(14)19-10-8-17(22-19)13-21-12-15-5-3-2-4-6-15;/h2-11,21H,12-13H2,1H3;1H. The van der Waals surface area contributed by atoms with Gasteiger partial charge in [0.1, 0.15) is 11.5 Å². The number of hydrogen-bond acceptors (Lipinski definition) is 2. The summed E-state index contributed by atoms with van der Waals surface area (Å²) >= 11 is 3.49. The van der Waals surface area contributed by atoms with E-state index in [0.717, 1.165) is 34.6 Å². The number of aryl methyl sites for hydroxylation is 1. The Kier molecular flexibility index (Phi) is 6.46. The summed E-state index contributed by atoms with van der Waals surface area (Å²) < 4.78 is 7.04. The van der Waals surface area contributed by atoms with Crippen molar-refractivity contribution >= 4 is 28.3 Å². The molecule has 2 nitrogen and oxygen atoms in total. The molecule has 0 fully saturated rings. The highest BCUT2D eigenvalue weighted by Crippen LogP contribution is 2.27. The predicted molar refractivity (Wildman–Crippen MR) is 101 cm³/mol. The van der Waals surface area contributed by atoms with Crippen LogP contribution in [0.25, 0.3) is 11.3 Å². The van der Waals surface area contributed by atoms with E-state index >= 15 is 0 Å². The first-order chi connectivity index (χ1) is 10.7. The van der Waals surface area contributed by atoms with Crippen molar-refractivity contribution in [2.75, 3.05) is 0 Å². The lowest BCUT2D eigenvalue weighted by atomic mass is 10.1. The fourth-order valence-corrected chi connectivity index (χ4v) is 2.92. The van der Waals surface area contributed by atoms with Gasteiger partial charge in [0.25, 0.3) is 0 Å². The minimum atomic E-state index is 0. The van der Waals surface area contributed by atoms with E-state index in [1.54, 1.807) is 0 Å². The molecule has 1 N–H and O–H groups in total. The van der Waals surface area contributed by atoms with Crippen LogP contribution in [0.4, 0.5) is 0 Å². The molecule has 0 amide bonds. The Labute approximate surface area is 151 Å². The molecule has 1 aromatic heterocycles. The summed E-state index contributed by atoms with van der Waals surface area (Å²) in [6.07, 6.45) is 0. The van der Waals surface area contributed by atoms with Gasteiger partial charge in [0, 0.05) is 16.6 Å². The van der Waals surface area contributed by atoms with E-state index in [2.05, 4.69) is 64.6 Å². The van der Waals surface area contributed by atoms with Crippen molar-refractivity contribution < 1.29 is 4.42 Å². The second kappa shape index (κ2) is 8.34. The molecule has 0 saturated heterocycles. The van der Waals surface area contributed by atoms with Crippen molar-refractivity contribution in [1.82, 2.24) is 5.32 Å². The molecule has 120 valence electrons. The van der Waals surface area contributed by atoms with Crippen molar-refractivity contribution in [3.8, 4) is 11.3 Å². The van der Waals surface area contributed by atoms with Crippen molar-refractivity contribution in [1.29, 1.82) is 0 Å². The van der Waals surface area contributed by atoms with Gasteiger partial charge in [0.2, 0.25) is 0 Å². The molecular weight excluding hydrogens is 374 g/mol. The predicted octanol–water partition coefficient (Wildman–Crippen LogP) is 5.73. The average molecular weight is 393 g/mol. The van der Waals surface area contributed by atoms with E-state index in [1.807, 2.05) is 24.3 Å². The smallest absolute Gasteiger partial charge is 0.134 e. The van der Waals surface area contributed by atoms with Gasteiger partial charge in [-0.05, 0) is 48.4 Å². The Morgan fingerprint density at radius 2 is 1.74 bits per heavy atom. The summed E-state index contributed by atoms with van der Waals surface area (Å²) in [4.78, 5) is 0. The maximum Gasteiger partial charge on any atom is 0.134 e. The third-order valence-corrected chi connectivity index (χ3v) is 4.08. The van der Waals surface area contributed by atoms with Crippen molar-refractivity contribution in [3.63, 3.8) is 0 Å². The zero-order valence-corrected chi connectivity index (χ0v) is 15.3. The van der Waals surface area contributed by atoms with Crippen molar-refractivity contribution in [2.24, 2.45) is 0 Å². The topological polar surface area (TPSA) is 25.2 Å². The highest BCUT2D eigenvalue weighted by molar-refractivity contribution is 9.10. The maximum absolute atomic E-state index is 5.95. The molecule has 0 bridgehead atoms. The minimum Gasteiger partial charge on any atom is -0.460 e. The van der Waals surface area contributed by atoms with Gasteiger partial charge in [-0.15, -0.1) is 12.4 Å². The van der Waals surface area contributed by atoms with Gasteiger partial charge < -0.3 is 9.73 Å². The zero-order chi connectivity index (χ0) is 15.4. The van der Waals surface area contributed by atoms with Crippen LogP contribution in [-0.2, 0) is 13.1 Å². The summed E-state index contributed by atoms with van der Waals surface area (Å²) in [7, 11) is 0. The molecule has 0 aliphatic heterocycles. The van der Waals surface area contributed by atoms with Crippen LogP contribution in [0.5, 0.6) is 0 Å². The lowest BCUT2D eigenvalue weighted by Crippen LogP contribution is -2.11. The molecule has 2 aromatic carbocycles. The number of benzene rings is 2. The first-order valence-electron chi connectivity index (χ1n) is 7.32. The van der Waals surface area contributed by atoms with E-state index in [-0.39, 0.29) is 12.4 Å². The molecule has 1 heterocycles. The molecule has 0 saturated carbocycles. The third kappa shape index (κ3) is 4.71. The molecule has 0 unspecified atom stereocenters. The van der Waals surface area contributed by atoms with Crippen LogP contribution >= 0.6 is 28.3 Å². The lowest BCUT2D eigenvalue weighted by Gasteiger charge is -2.04. The van der Waals surface area contributed by atoms with E-state index in [4.69, 9.17) is 4.42 Å². The second-order valence-electron chi connectivity index (χ2n) is 5.31. The van der Waals surface area contributed by atoms with Gasteiger partial charge in [-0.2, -0.15) is 0 Å². The number of nitrogens with one attached hydrogen (secondary N) is 1. The van der Waals surface area contributed by atoms with Crippen LogP contribution in [-0.4, -0.2) is 0 Å². The van der Waals surface area contributed by atoms with Crippen molar-refractivity contribution in [2.45, 2.75) is 20.0 Å². The Balaban J connectivity index is 0.00000192. The average Bonchev–Trinajstić information content (AvgIpc) is 2.97. The van der Waals surface area contributed by atoms with Gasteiger partial charge in [-0.25, -0.2) is 0 Å². The highest BCUT2D eigenvalue weighted by atomic mass is 79.9. The van der Waals surface area contributed by atoms with Gasteiger partial charge in [-0.1, -0.05) is 46.3 Å². The monoisotopic (exact) mass is 391 g/mol. The van der Waals surface area contributed by atoms with Gasteiger partial charge in [-0.3, -0.25) is 0 Å². The Bertz CT molecular complexity index is 755. The van der Waals surface area contributed by atoms with Gasteiger partial charge >= 0.3 is 0 Å². The number of rotatable bonds is 5. The minimum absolute atomic E-state index is 0. The van der Waals surface area contributed by atoms with Crippen LogP contribution in [0.3, 0.4) is 0 Å². The van der Waals surface area contributed by atoms with Crippen LogP contribution in [0.2, 0.25) is 0 Å². The highest BCUT2D eigenvalue weighted by Gasteiger charge is 2.07. The molecule has 4 heteroatoms. The summed E-state index contributed by atoms with van der Waals surface area (Å²) in [5.41, 5.74) is 3.61. The fourth-order valence-electron chi connectivity index (χ4n) is 2.45. The van der Waals surface area contributed by atoms with Crippen LogP contribution in [0.15, 0.2) is 69.6 Å². The summed E-state index contributed by atoms with van der Waals surface area (Å²) in [6, 6.07) is 20.7. The Morgan fingerprint density at radius 3 is 2.48 bits per heavy atom. The fraction of sp³-hybridized carbons (Fsp3) is 0.158. The van der Waals surface area contributed by atoms with E-state index in [9.17, 15) is 0 Å². The molecule has 0 radical (unpaired) electrons.